The van der Waals surface area contributed by atoms with Gasteiger partial charge >= 0.3 is 0 Å². The summed E-state index contributed by atoms with van der Waals surface area (Å²) in [6.07, 6.45) is 2.22. The number of nitrogens with zero attached hydrogens (tertiary/aromatic N) is 2. The van der Waals surface area contributed by atoms with Crippen LogP contribution in [0, 0.1) is 0 Å². The normalized spacial score (nSPS) is 21.4. The number of benzene rings is 1. The standard InChI is InChI=1S/C14H14N4O2/c19-12-7-11(13(20)15-8-5-6-8)18-10-4-2-1-3-9(10)16-14(18)17-12/h1-4,8,11H,5-7H2,(H,15,20)(H,16,17,19). The van der Waals surface area contributed by atoms with Gasteiger partial charge in [0.2, 0.25) is 17.8 Å². The maximum Gasteiger partial charge on any atom is 0.243 e. The minimum absolute atomic E-state index is 0.0910. The molecule has 2 N–H and O–H groups in total. The molecule has 2 aromatic rings. The molecule has 2 aliphatic rings. The first kappa shape index (κ1) is 11.5. The van der Waals surface area contributed by atoms with E-state index >= 15 is 0 Å². The van der Waals surface area contributed by atoms with Gasteiger partial charge in [0.15, 0.2) is 0 Å². The molecule has 6 heteroatoms. The lowest BCUT2D eigenvalue weighted by atomic mass is 10.1. The number of nitrogens with one attached hydrogen (secondary N) is 2. The van der Waals surface area contributed by atoms with E-state index in [1.807, 2.05) is 28.8 Å². The van der Waals surface area contributed by atoms with E-state index in [1.54, 1.807) is 0 Å². The molecule has 1 unspecified atom stereocenters. The second kappa shape index (κ2) is 4.06. The minimum Gasteiger partial charge on any atom is -0.352 e. The average molecular weight is 270 g/mol. The largest absolute Gasteiger partial charge is 0.352 e. The first-order chi connectivity index (χ1) is 9.72. The Hall–Kier alpha value is -2.37. The van der Waals surface area contributed by atoms with E-state index in [2.05, 4.69) is 15.6 Å². The maximum atomic E-state index is 12.4. The van der Waals surface area contributed by atoms with Crippen LogP contribution in [0.5, 0.6) is 0 Å². The van der Waals surface area contributed by atoms with Gasteiger partial charge in [-0.1, -0.05) is 12.1 Å². The molecule has 1 aliphatic heterocycles. The fourth-order valence-electron chi connectivity index (χ4n) is 2.63. The molecule has 0 bridgehead atoms. The lowest BCUT2D eigenvalue weighted by molar-refractivity contribution is -0.128. The molecule has 1 fully saturated rings. The zero-order valence-electron chi connectivity index (χ0n) is 10.8. The van der Waals surface area contributed by atoms with Gasteiger partial charge in [-0.05, 0) is 25.0 Å². The molecule has 4 rings (SSSR count). The average Bonchev–Trinajstić information content (AvgIpc) is 3.16. The molecule has 1 aromatic carbocycles. The lowest BCUT2D eigenvalue weighted by Crippen LogP contribution is -2.39. The number of aromatic nitrogens is 2. The highest BCUT2D eigenvalue weighted by Gasteiger charge is 2.35. The number of hydrogen-bond acceptors (Lipinski definition) is 3. The SMILES string of the molecule is O=C1CC(C(=O)NC2CC2)n2c(nc3ccccc32)N1. The maximum absolute atomic E-state index is 12.4. The molecule has 6 nitrogen and oxygen atoms in total. The van der Waals surface area contributed by atoms with Crippen molar-refractivity contribution in [3.8, 4) is 0 Å². The number of carbonyl (C=O) groups excluding carboxylic acids is 2. The van der Waals surface area contributed by atoms with E-state index in [1.165, 1.54) is 0 Å². The van der Waals surface area contributed by atoms with Crippen molar-refractivity contribution < 1.29 is 9.59 Å². The van der Waals surface area contributed by atoms with Crippen LogP contribution in [-0.2, 0) is 9.59 Å². The van der Waals surface area contributed by atoms with Gasteiger partial charge < -0.3 is 5.32 Å². The van der Waals surface area contributed by atoms with E-state index in [0.717, 1.165) is 23.9 Å². The van der Waals surface area contributed by atoms with E-state index in [4.69, 9.17) is 0 Å². The number of imidazole rings is 1. The smallest absolute Gasteiger partial charge is 0.243 e. The molecule has 1 atom stereocenters. The van der Waals surface area contributed by atoms with Gasteiger partial charge in [0.1, 0.15) is 6.04 Å². The van der Waals surface area contributed by atoms with Gasteiger partial charge in [-0.25, -0.2) is 4.98 Å². The zero-order valence-corrected chi connectivity index (χ0v) is 10.8. The summed E-state index contributed by atoms with van der Waals surface area (Å²) in [4.78, 5) is 28.5. The summed E-state index contributed by atoms with van der Waals surface area (Å²) in [5, 5.41) is 5.71. The molecule has 1 saturated carbocycles. The van der Waals surface area contributed by atoms with Crippen LogP contribution < -0.4 is 10.6 Å². The second-order valence-corrected chi connectivity index (χ2v) is 5.35. The second-order valence-electron chi connectivity index (χ2n) is 5.35. The van der Waals surface area contributed by atoms with Crippen molar-refractivity contribution in [3.05, 3.63) is 24.3 Å². The van der Waals surface area contributed by atoms with Crippen molar-refractivity contribution in [2.24, 2.45) is 0 Å². The first-order valence-corrected chi connectivity index (χ1v) is 6.79. The van der Waals surface area contributed by atoms with Crippen molar-refractivity contribution >= 4 is 28.8 Å². The number of carbonyl (C=O) groups is 2. The predicted molar refractivity (Wildman–Crippen MR) is 73.2 cm³/mol. The third-order valence-electron chi connectivity index (χ3n) is 3.76. The highest BCUT2D eigenvalue weighted by Crippen LogP contribution is 2.31. The number of amides is 2. The molecule has 0 saturated heterocycles. The fraction of sp³-hybridized carbons (Fsp3) is 0.357. The molecule has 20 heavy (non-hydrogen) atoms. The molecular weight excluding hydrogens is 256 g/mol. The van der Waals surface area contributed by atoms with E-state index < -0.39 is 6.04 Å². The summed E-state index contributed by atoms with van der Waals surface area (Å²) in [5.41, 5.74) is 1.66. The highest BCUT2D eigenvalue weighted by atomic mass is 16.2. The number of rotatable bonds is 2. The Bertz CT molecular complexity index is 717. The van der Waals surface area contributed by atoms with Crippen LogP contribution in [0.25, 0.3) is 11.0 Å². The van der Waals surface area contributed by atoms with E-state index in [0.29, 0.717) is 5.95 Å². The summed E-state index contributed by atoms with van der Waals surface area (Å²) in [6.45, 7) is 0. The van der Waals surface area contributed by atoms with Crippen LogP contribution in [0.15, 0.2) is 24.3 Å². The van der Waals surface area contributed by atoms with Gasteiger partial charge in [-0.2, -0.15) is 0 Å². The number of hydrogen-bond donors (Lipinski definition) is 2. The Labute approximate surface area is 115 Å². The van der Waals surface area contributed by atoms with E-state index in [9.17, 15) is 9.59 Å². The Morgan fingerprint density at radius 1 is 1.35 bits per heavy atom. The van der Waals surface area contributed by atoms with Crippen molar-refractivity contribution in [3.63, 3.8) is 0 Å². The highest BCUT2D eigenvalue weighted by molar-refractivity contribution is 5.99. The van der Waals surface area contributed by atoms with Crippen LogP contribution in [-0.4, -0.2) is 27.4 Å². The number of anilines is 1. The monoisotopic (exact) mass is 270 g/mol. The molecule has 1 aliphatic carbocycles. The van der Waals surface area contributed by atoms with Gasteiger partial charge in [-0.3, -0.25) is 19.5 Å². The summed E-state index contributed by atoms with van der Waals surface area (Å²) < 4.78 is 1.83. The lowest BCUT2D eigenvalue weighted by Gasteiger charge is -2.24. The van der Waals surface area contributed by atoms with E-state index in [-0.39, 0.29) is 24.3 Å². The van der Waals surface area contributed by atoms with Crippen LogP contribution in [0.4, 0.5) is 5.95 Å². The molecule has 0 radical (unpaired) electrons. The van der Waals surface area contributed by atoms with Gasteiger partial charge in [0.25, 0.3) is 0 Å². The predicted octanol–water partition coefficient (Wildman–Crippen LogP) is 1.20. The number of para-hydroxylation sites is 2. The van der Waals surface area contributed by atoms with Crippen molar-refractivity contribution in [2.45, 2.75) is 31.3 Å². The topological polar surface area (TPSA) is 76.0 Å². The zero-order chi connectivity index (χ0) is 13.7. The Balaban J connectivity index is 1.81. The van der Waals surface area contributed by atoms with Crippen molar-refractivity contribution in [1.29, 1.82) is 0 Å². The quantitative estimate of drug-likeness (QED) is 0.861. The van der Waals surface area contributed by atoms with Crippen molar-refractivity contribution in [1.82, 2.24) is 14.9 Å². The molecular formula is C14H14N4O2. The fourth-order valence-corrected chi connectivity index (χ4v) is 2.63. The number of fused-ring (bicyclic) bond motifs is 3. The molecule has 2 heterocycles. The summed E-state index contributed by atoms with van der Waals surface area (Å²) in [6, 6.07) is 7.37. The minimum atomic E-state index is -0.508. The molecule has 1 aromatic heterocycles. The summed E-state index contributed by atoms with van der Waals surface area (Å²) >= 11 is 0. The third-order valence-corrected chi connectivity index (χ3v) is 3.76. The first-order valence-electron chi connectivity index (χ1n) is 6.79. The Morgan fingerprint density at radius 3 is 2.95 bits per heavy atom. The third kappa shape index (κ3) is 1.76. The van der Waals surface area contributed by atoms with Gasteiger partial charge in [0.05, 0.1) is 17.5 Å². The van der Waals surface area contributed by atoms with Crippen molar-refractivity contribution in [2.75, 3.05) is 5.32 Å². The van der Waals surface area contributed by atoms with Gasteiger partial charge in [0, 0.05) is 6.04 Å². The Kier molecular flexibility index (Phi) is 2.33. The molecule has 2 amide bonds. The Morgan fingerprint density at radius 2 is 2.15 bits per heavy atom. The van der Waals surface area contributed by atoms with Crippen LogP contribution in [0.3, 0.4) is 0 Å². The molecule has 102 valence electrons. The summed E-state index contributed by atoms with van der Waals surface area (Å²) in [7, 11) is 0. The van der Waals surface area contributed by atoms with Crippen LogP contribution in [0.1, 0.15) is 25.3 Å². The van der Waals surface area contributed by atoms with Crippen LogP contribution >= 0.6 is 0 Å². The van der Waals surface area contributed by atoms with Gasteiger partial charge in [-0.15, -0.1) is 0 Å². The van der Waals surface area contributed by atoms with Crippen LogP contribution in [0.2, 0.25) is 0 Å². The molecule has 0 spiro atoms. The summed E-state index contributed by atoms with van der Waals surface area (Å²) in [5.74, 6) is 0.203.